The number of aliphatic hydroxyl groups is 1. The van der Waals surface area contributed by atoms with E-state index in [1.54, 1.807) is 24.8 Å². The number of carbonyl (C=O) groups is 1. The van der Waals surface area contributed by atoms with Gasteiger partial charge >= 0.3 is 0 Å². The largest absolute Gasteiger partial charge is 0.452 e. The molecular formula is C22H30N4O3. The average Bonchev–Trinajstić information content (AvgIpc) is 3.34. The fourth-order valence-electron chi connectivity index (χ4n) is 4.12. The van der Waals surface area contributed by atoms with E-state index in [0.29, 0.717) is 29.7 Å². The zero-order valence-corrected chi connectivity index (χ0v) is 17.4. The number of aromatic amines is 1. The molecule has 2 heterocycles. The fourth-order valence-corrected chi connectivity index (χ4v) is 4.12. The lowest BCUT2D eigenvalue weighted by atomic mass is 9.98. The fraction of sp³-hybridized carbons (Fsp3) is 0.545. The van der Waals surface area contributed by atoms with E-state index in [1.165, 1.54) is 12.8 Å². The molecule has 1 aliphatic carbocycles. The maximum Gasteiger partial charge on any atom is 0.278 e. The van der Waals surface area contributed by atoms with E-state index in [1.807, 2.05) is 25.1 Å². The van der Waals surface area contributed by atoms with Crippen molar-refractivity contribution < 1.29 is 14.6 Å². The van der Waals surface area contributed by atoms with E-state index in [-0.39, 0.29) is 5.91 Å². The minimum atomic E-state index is -0.968. The molecule has 1 amide bonds. The molecule has 1 aliphatic heterocycles. The van der Waals surface area contributed by atoms with Crippen LogP contribution < -0.4 is 10.1 Å². The third kappa shape index (κ3) is 3.96. The molecule has 3 N–H and O–H groups in total. The number of rotatable bonds is 6. The lowest BCUT2D eigenvalue weighted by molar-refractivity contribution is 0.0285. The van der Waals surface area contributed by atoms with Gasteiger partial charge in [-0.15, -0.1) is 0 Å². The van der Waals surface area contributed by atoms with Gasteiger partial charge in [0.1, 0.15) is 17.3 Å². The normalized spacial score (nSPS) is 19.9. The molecule has 1 atom stereocenters. The zero-order chi connectivity index (χ0) is 20.6. The number of fused-ring (bicyclic) bond motifs is 1. The second-order valence-corrected chi connectivity index (χ2v) is 8.53. The number of hydrogen-bond acceptors (Lipinski definition) is 5. The van der Waals surface area contributed by atoms with Gasteiger partial charge in [-0.2, -0.15) is 0 Å². The Hall–Kier alpha value is -2.54. The molecule has 7 heteroatoms. The van der Waals surface area contributed by atoms with E-state index in [2.05, 4.69) is 10.3 Å². The monoisotopic (exact) mass is 398 g/mol. The molecule has 29 heavy (non-hydrogen) atoms. The van der Waals surface area contributed by atoms with E-state index in [4.69, 9.17) is 9.72 Å². The Balaban J connectivity index is 1.60. The van der Waals surface area contributed by atoms with E-state index >= 15 is 0 Å². The summed E-state index contributed by atoms with van der Waals surface area (Å²) in [5.74, 6) is 2.35. The van der Waals surface area contributed by atoms with Crippen LogP contribution in [-0.2, 0) is 5.60 Å². The van der Waals surface area contributed by atoms with Crippen molar-refractivity contribution in [2.75, 3.05) is 11.9 Å². The van der Waals surface area contributed by atoms with Crippen LogP contribution in [0.1, 0.15) is 80.7 Å². The van der Waals surface area contributed by atoms with Gasteiger partial charge < -0.3 is 20.1 Å². The molecule has 0 bridgehead atoms. The molecule has 0 spiro atoms. The standard InChI is InChI=1S/C22H30N4O3/c1-4-12-26-20(27)17-19(24-18(23-17)14-8-5-6-9-14)25-21(26)29-16-11-7-10-15(13-16)22(2,3)28/h7,10-11,13-14,21,25,28H,4-6,8-9,12H2,1-3H3,(H,23,24). The summed E-state index contributed by atoms with van der Waals surface area (Å²) >= 11 is 0. The summed E-state index contributed by atoms with van der Waals surface area (Å²) in [4.78, 5) is 22.8. The van der Waals surface area contributed by atoms with Crippen molar-refractivity contribution >= 4 is 11.7 Å². The lowest BCUT2D eigenvalue weighted by Crippen LogP contribution is -2.52. The molecule has 1 aromatic carbocycles. The van der Waals surface area contributed by atoms with Gasteiger partial charge in [0.2, 0.25) is 0 Å². The second-order valence-electron chi connectivity index (χ2n) is 8.53. The summed E-state index contributed by atoms with van der Waals surface area (Å²) in [5, 5.41) is 13.6. The first-order valence-electron chi connectivity index (χ1n) is 10.5. The number of imidazole rings is 1. The maximum atomic E-state index is 13.2. The van der Waals surface area contributed by atoms with Gasteiger partial charge in [-0.3, -0.25) is 9.69 Å². The smallest absolute Gasteiger partial charge is 0.278 e. The minimum absolute atomic E-state index is 0.0963. The van der Waals surface area contributed by atoms with E-state index in [9.17, 15) is 9.90 Å². The molecule has 1 aromatic heterocycles. The van der Waals surface area contributed by atoms with Crippen molar-refractivity contribution in [1.82, 2.24) is 14.9 Å². The molecule has 1 fully saturated rings. The van der Waals surface area contributed by atoms with Crippen LogP contribution in [0.3, 0.4) is 0 Å². The number of carbonyl (C=O) groups excluding carboxylic acids is 1. The predicted molar refractivity (Wildman–Crippen MR) is 111 cm³/mol. The molecular weight excluding hydrogens is 368 g/mol. The molecule has 1 unspecified atom stereocenters. The Morgan fingerprint density at radius 1 is 1.31 bits per heavy atom. The van der Waals surface area contributed by atoms with Crippen molar-refractivity contribution in [2.45, 2.75) is 70.7 Å². The molecule has 0 radical (unpaired) electrons. The first kappa shape index (κ1) is 19.8. The van der Waals surface area contributed by atoms with Gasteiger partial charge in [-0.05, 0) is 50.8 Å². The number of nitrogens with zero attached hydrogens (tertiary/aromatic N) is 2. The van der Waals surface area contributed by atoms with Crippen molar-refractivity contribution in [3.05, 3.63) is 41.3 Å². The van der Waals surface area contributed by atoms with Gasteiger partial charge in [0.15, 0.2) is 5.82 Å². The number of ether oxygens (including phenoxy) is 1. The van der Waals surface area contributed by atoms with Crippen molar-refractivity contribution in [3.8, 4) is 5.75 Å². The molecule has 1 saturated carbocycles. The van der Waals surface area contributed by atoms with Crippen LogP contribution >= 0.6 is 0 Å². The molecule has 2 aromatic rings. The third-order valence-electron chi connectivity index (χ3n) is 5.73. The van der Waals surface area contributed by atoms with Crippen molar-refractivity contribution in [2.24, 2.45) is 0 Å². The summed E-state index contributed by atoms with van der Waals surface area (Å²) < 4.78 is 6.15. The highest BCUT2D eigenvalue weighted by molar-refractivity contribution is 5.99. The Morgan fingerprint density at radius 2 is 2.07 bits per heavy atom. The van der Waals surface area contributed by atoms with Crippen LogP contribution in [0.5, 0.6) is 5.75 Å². The zero-order valence-electron chi connectivity index (χ0n) is 17.4. The van der Waals surface area contributed by atoms with Crippen LogP contribution in [0, 0.1) is 0 Å². The number of amides is 1. The number of aromatic nitrogens is 2. The van der Waals surface area contributed by atoms with E-state index < -0.39 is 12.0 Å². The van der Waals surface area contributed by atoms with Crippen LogP contribution in [0.4, 0.5) is 5.82 Å². The third-order valence-corrected chi connectivity index (χ3v) is 5.73. The number of anilines is 1. The quantitative estimate of drug-likeness (QED) is 0.686. The second kappa shape index (κ2) is 7.71. The number of nitrogens with one attached hydrogen (secondary N) is 2. The topological polar surface area (TPSA) is 90.5 Å². The highest BCUT2D eigenvalue weighted by Crippen LogP contribution is 2.35. The number of hydrogen-bond donors (Lipinski definition) is 3. The summed E-state index contributed by atoms with van der Waals surface area (Å²) in [7, 11) is 0. The van der Waals surface area contributed by atoms with Gasteiger partial charge in [0.05, 0.1) is 5.60 Å². The molecule has 7 nitrogen and oxygen atoms in total. The predicted octanol–water partition coefficient (Wildman–Crippen LogP) is 3.94. The molecule has 2 aliphatic rings. The Morgan fingerprint density at radius 3 is 2.76 bits per heavy atom. The Bertz CT molecular complexity index is 880. The first-order chi connectivity index (χ1) is 13.9. The van der Waals surface area contributed by atoms with E-state index in [0.717, 1.165) is 30.7 Å². The lowest BCUT2D eigenvalue weighted by Gasteiger charge is -2.35. The van der Waals surface area contributed by atoms with Crippen LogP contribution in [0.15, 0.2) is 24.3 Å². The summed E-state index contributed by atoms with van der Waals surface area (Å²) in [6.45, 7) is 6.07. The van der Waals surface area contributed by atoms with Crippen molar-refractivity contribution in [1.29, 1.82) is 0 Å². The van der Waals surface area contributed by atoms with Crippen LogP contribution in [0.25, 0.3) is 0 Å². The van der Waals surface area contributed by atoms with Gasteiger partial charge in [-0.1, -0.05) is 31.9 Å². The highest BCUT2D eigenvalue weighted by Gasteiger charge is 2.37. The maximum absolute atomic E-state index is 13.2. The van der Waals surface area contributed by atoms with Crippen LogP contribution in [-0.4, -0.2) is 38.8 Å². The Kier molecular flexibility index (Phi) is 5.25. The molecule has 156 valence electrons. The number of H-pyrrole nitrogens is 1. The van der Waals surface area contributed by atoms with Crippen molar-refractivity contribution in [3.63, 3.8) is 0 Å². The summed E-state index contributed by atoms with van der Waals surface area (Å²) in [6.07, 6.45) is 4.82. The van der Waals surface area contributed by atoms with Gasteiger partial charge in [0.25, 0.3) is 12.3 Å². The van der Waals surface area contributed by atoms with Crippen LogP contribution in [0.2, 0.25) is 0 Å². The summed E-state index contributed by atoms with van der Waals surface area (Å²) in [6, 6.07) is 7.33. The minimum Gasteiger partial charge on any atom is -0.452 e. The Labute approximate surface area is 171 Å². The molecule has 0 saturated heterocycles. The highest BCUT2D eigenvalue weighted by atomic mass is 16.5. The first-order valence-corrected chi connectivity index (χ1v) is 10.5. The number of benzene rings is 1. The summed E-state index contributed by atoms with van der Waals surface area (Å²) in [5.41, 5.74) is 0.303. The average molecular weight is 399 g/mol. The van der Waals surface area contributed by atoms with Gasteiger partial charge in [0, 0.05) is 12.5 Å². The molecule has 4 rings (SSSR count). The SMILES string of the molecule is CCCN1C(=O)c2[nH]c(C3CCCC3)nc2NC1Oc1cccc(C(C)(C)O)c1. The van der Waals surface area contributed by atoms with Gasteiger partial charge in [-0.25, -0.2) is 4.98 Å².